The summed E-state index contributed by atoms with van der Waals surface area (Å²) < 4.78 is 0. The standard InChI is InChI=1S/C20H37N/c1-16(8-6-9-17(2)13-15-21)11-12-19-18(3)10-7-14-20(19,4)5/h11-12,16-17H,6-10,13-15,21H2,1-5H3/b12-11+. The highest BCUT2D eigenvalue weighted by atomic mass is 14.5. The van der Waals surface area contributed by atoms with Crippen LogP contribution in [-0.2, 0) is 0 Å². The number of rotatable bonds is 8. The normalized spacial score (nSPS) is 21.8. The monoisotopic (exact) mass is 291 g/mol. The molecule has 2 atom stereocenters. The summed E-state index contributed by atoms with van der Waals surface area (Å²) in [5, 5.41) is 0. The van der Waals surface area contributed by atoms with Gasteiger partial charge in [-0.05, 0) is 68.4 Å². The highest BCUT2D eigenvalue weighted by Gasteiger charge is 2.26. The average molecular weight is 292 g/mol. The second kappa shape index (κ2) is 8.78. The summed E-state index contributed by atoms with van der Waals surface area (Å²) in [6.07, 6.45) is 14.0. The van der Waals surface area contributed by atoms with Crippen LogP contribution < -0.4 is 5.73 Å². The molecular weight excluding hydrogens is 254 g/mol. The van der Waals surface area contributed by atoms with Crippen LogP contribution in [0.5, 0.6) is 0 Å². The fourth-order valence-corrected chi connectivity index (χ4v) is 3.58. The van der Waals surface area contributed by atoms with Crippen LogP contribution in [0.15, 0.2) is 23.3 Å². The van der Waals surface area contributed by atoms with Gasteiger partial charge in [0.05, 0.1) is 0 Å². The van der Waals surface area contributed by atoms with Gasteiger partial charge < -0.3 is 5.73 Å². The molecule has 1 nitrogen and oxygen atoms in total. The van der Waals surface area contributed by atoms with Crippen molar-refractivity contribution in [1.29, 1.82) is 0 Å². The summed E-state index contributed by atoms with van der Waals surface area (Å²) in [5.74, 6) is 1.47. The molecule has 0 saturated carbocycles. The van der Waals surface area contributed by atoms with E-state index in [1.54, 1.807) is 11.1 Å². The zero-order valence-electron chi connectivity index (χ0n) is 15.0. The molecule has 0 amide bonds. The molecule has 0 aromatic heterocycles. The topological polar surface area (TPSA) is 26.0 Å². The Labute approximate surface area is 133 Å². The van der Waals surface area contributed by atoms with E-state index in [1.165, 1.54) is 44.9 Å². The summed E-state index contributed by atoms with van der Waals surface area (Å²) in [4.78, 5) is 0. The molecule has 0 fully saturated rings. The predicted octanol–water partition coefficient (Wildman–Crippen LogP) is 5.86. The van der Waals surface area contributed by atoms with Crippen molar-refractivity contribution in [3.8, 4) is 0 Å². The Morgan fingerprint density at radius 2 is 1.90 bits per heavy atom. The molecule has 0 saturated heterocycles. The van der Waals surface area contributed by atoms with Crippen molar-refractivity contribution in [3.05, 3.63) is 23.3 Å². The van der Waals surface area contributed by atoms with Crippen molar-refractivity contribution >= 4 is 0 Å². The number of nitrogens with two attached hydrogens (primary N) is 1. The summed E-state index contributed by atoms with van der Waals surface area (Å²) in [7, 11) is 0. The summed E-state index contributed by atoms with van der Waals surface area (Å²) in [5.41, 5.74) is 9.18. The third-order valence-corrected chi connectivity index (χ3v) is 5.15. The first-order valence-corrected chi connectivity index (χ1v) is 8.95. The Balaban J connectivity index is 2.44. The van der Waals surface area contributed by atoms with Crippen LogP contribution in [-0.4, -0.2) is 6.54 Å². The van der Waals surface area contributed by atoms with Crippen molar-refractivity contribution in [2.75, 3.05) is 6.54 Å². The highest BCUT2D eigenvalue weighted by molar-refractivity contribution is 5.32. The number of hydrogen-bond acceptors (Lipinski definition) is 1. The minimum Gasteiger partial charge on any atom is -0.330 e. The molecule has 122 valence electrons. The van der Waals surface area contributed by atoms with E-state index in [0.717, 1.165) is 12.5 Å². The first kappa shape index (κ1) is 18.5. The van der Waals surface area contributed by atoms with E-state index in [4.69, 9.17) is 5.73 Å². The van der Waals surface area contributed by atoms with Gasteiger partial charge in [0.1, 0.15) is 0 Å². The maximum atomic E-state index is 5.61. The molecule has 1 heteroatoms. The lowest BCUT2D eigenvalue weighted by Gasteiger charge is -2.33. The first-order valence-electron chi connectivity index (χ1n) is 8.95. The van der Waals surface area contributed by atoms with Crippen molar-refractivity contribution in [1.82, 2.24) is 0 Å². The zero-order valence-corrected chi connectivity index (χ0v) is 15.0. The van der Waals surface area contributed by atoms with Crippen LogP contribution in [0.25, 0.3) is 0 Å². The molecule has 21 heavy (non-hydrogen) atoms. The van der Waals surface area contributed by atoms with Gasteiger partial charge in [0.2, 0.25) is 0 Å². The van der Waals surface area contributed by atoms with E-state index in [0.29, 0.717) is 11.3 Å². The SMILES string of the molecule is CC1=C(/C=C/C(C)CCCC(C)CCN)C(C)(C)CCC1. The summed E-state index contributed by atoms with van der Waals surface area (Å²) in [6, 6.07) is 0. The molecule has 2 N–H and O–H groups in total. The molecule has 0 heterocycles. The van der Waals surface area contributed by atoms with Gasteiger partial charge in [0.25, 0.3) is 0 Å². The van der Waals surface area contributed by atoms with Gasteiger partial charge in [0, 0.05) is 0 Å². The van der Waals surface area contributed by atoms with Gasteiger partial charge in [0.15, 0.2) is 0 Å². The molecule has 1 aliphatic rings. The molecule has 0 spiro atoms. The van der Waals surface area contributed by atoms with Gasteiger partial charge in [-0.25, -0.2) is 0 Å². The van der Waals surface area contributed by atoms with Crippen LogP contribution in [0.2, 0.25) is 0 Å². The van der Waals surface area contributed by atoms with Gasteiger partial charge in [-0.2, -0.15) is 0 Å². The van der Waals surface area contributed by atoms with Crippen molar-refractivity contribution in [2.24, 2.45) is 23.0 Å². The van der Waals surface area contributed by atoms with Crippen LogP contribution in [0.3, 0.4) is 0 Å². The van der Waals surface area contributed by atoms with Crippen molar-refractivity contribution < 1.29 is 0 Å². The van der Waals surface area contributed by atoms with Crippen LogP contribution in [0, 0.1) is 17.3 Å². The first-order chi connectivity index (χ1) is 9.86. The molecule has 0 aliphatic heterocycles. The maximum absolute atomic E-state index is 5.61. The summed E-state index contributed by atoms with van der Waals surface area (Å²) in [6.45, 7) is 12.6. The number of hydrogen-bond donors (Lipinski definition) is 1. The Kier molecular flexibility index (Phi) is 7.73. The third kappa shape index (κ3) is 6.38. The molecule has 1 aliphatic carbocycles. The van der Waals surface area contributed by atoms with Crippen LogP contribution >= 0.6 is 0 Å². The van der Waals surface area contributed by atoms with Crippen molar-refractivity contribution in [3.63, 3.8) is 0 Å². The maximum Gasteiger partial charge on any atom is -0.00747 e. The highest BCUT2D eigenvalue weighted by Crippen LogP contribution is 2.40. The molecule has 0 aromatic rings. The van der Waals surface area contributed by atoms with Gasteiger partial charge in [-0.1, -0.05) is 58.3 Å². The fraction of sp³-hybridized carbons (Fsp3) is 0.800. The van der Waals surface area contributed by atoms with Crippen LogP contribution in [0.1, 0.15) is 79.6 Å². The van der Waals surface area contributed by atoms with E-state index < -0.39 is 0 Å². The van der Waals surface area contributed by atoms with Gasteiger partial charge in [-0.15, -0.1) is 0 Å². The Hall–Kier alpha value is -0.560. The molecule has 0 radical (unpaired) electrons. The smallest absolute Gasteiger partial charge is 0.00747 e. The second-order valence-electron chi connectivity index (χ2n) is 7.88. The van der Waals surface area contributed by atoms with Gasteiger partial charge >= 0.3 is 0 Å². The molecule has 2 unspecified atom stereocenters. The molecular formula is C20H37N. The summed E-state index contributed by atoms with van der Waals surface area (Å²) >= 11 is 0. The molecule has 0 aromatic carbocycles. The lowest BCUT2D eigenvalue weighted by molar-refractivity contribution is 0.376. The van der Waals surface area contributed by atoms with Crippen LogP contribution in [0.4, 0.5) is 0 Å². The number of allylic oxidation sites excluding steroid dienone is 4. The van der Waals surface area contributed by atoms with E-state index in [-0.39, 0.29) is 0 Å². The predicted molar refractivity (Wildman–Crippen MR) is 95.3 cm³/mol. The van der Waals surface area contributed by atoms with E-state index in [1.807, 2.05) is 0 Å². The Bertz CT molecular complexity index is 362. The van der Waals surface area contributed by atoms with E-state index in [2.05, 4.69) is 46.8 Å². The lowest BCUT2D eigenvalue weighted by atomic mass is 9.72. The Morgan fingerprint density at radius 3 is 2.52 bits per heavy atom. The zero-order chi connectivity index (χ0) is 15.9. The molecule has 1 rings (SSSR count). The largest absolute Gasteiger partial charge is 0.330 e. The van der Waals surface area contributed by atoms with Crippen molar-refractivity contribution in [2.45, 2.75) is 79.6 Å². The van der Waals surface area contributed by atoms with Gasteiger partial charge in [-0.3, -0.25) is 0 Å². The third-order valence-electron chi connectivity index (χ3n) is 5.15. The van der Waals surface area contributed by atoms with E-state index in [9.17, 15) is 0 Å². The lowest BCUT2D eigenvalue weighted by Crippen LogP contribution is -2.19. The quantitative estimate of drug-likeness (QED) is 0.595. The second-order valence-corrected chi connectivity index (χ2v) is 7.88. The Morgan fingerprint density at radius 1 is 1.19 bits per heavy atom. The van der Waals surface area contributed by atoms with E-state index >= 15 is 0 Å². The fourth-order valence-electron chi connectivity index (χ4n) is 3.58. The minimum absolute atomic E-state index is 0.369. The minimum atomic E-state index is 0.369. The average Bonchev–Trinajstić information content (AvgIpc) is 2.37. The molecule has 0 bridgehead atoms.